The summed E-state index contributed by atoms with van der Waals surface area (Å²) >= 11 is 5.14. The van der Waals surface area contributed by atoms with E-state index < -0.39 is 15.6 Å². The number of aromatic amines is 1. The molecule has 22 heavy (non-hydrogen) atoms. The summed E-state index contributed by atoms with van der Waals surface area (Å²) in [5, 5.41) is 2.55. The number of nitrogens with one attached hydrogen (secondary N) is 1. The van der Waals surface area contributed by atoms with Crippen LogP contribution in [0.1, 0.15) is 46.0 Å². The van der Waals surface area contributed by atoms with Crippen molar-refractivity contribution >= 4 is 27.8 Å². The van der Waals surface area contributed by atoms with Crippen LogP contribution in [0.25, 0.3) is 0 Å². The fraction of sp³-hybridized carbons (Fsp3) is 0.333. The van der Waals surface area contributed by atoms with E-state index in [2.05, 4.69) is 5.16 Å². The minimum absolute atomic E-state index is 0.0230. The highest BCUT2D eigenvalue weighted by Crippen LogP contribution is 2.42. The Kier molecular flexibility index (Phi) is 3.57. The van der Waals surface area contributed by atoms with Crippen LogP contribution in [0.2, 0.25) is 0 Å². The van der Waals surface area contributed by atoms with Crippen LogP contribution in [-0.4, -0.2) is 25.6 Å². The first-order valence-electron chi connectivity index (χ1n) is 6.86. The van der Waals surface area contributed by atoms with Crippen molar-refractivity contribution < 1.29 is 17.7 Å². The Morgan fingerprint density at radius 3 is 2.64 bits per heavy atom. The lowest BCUT2D eigenvalue weighted by molar-refractivity contribution is 0.103. The maximum absolute atomic E-state index is 12.8. The molecule has 1 heterocycles. The van der Waals surface area contributed by atoms with Gasteiger partial charge in [-0.2, -0.15) is 0 Å². The van der Waals surface area contributed by atoms with Gasteiger partial charge in [0.15, 0.2) is 9.84 Å². The molecule has 0 radical (unpaired) electrons. The number of H-pyrrole nitrogens is 1. The number of hydrogen-bond acceptors (Lipinski definition) is 5. The summed E-state index contributed by atoms with van der Waals surface area (Å²) in [4.78, 5) is 12.9. The van der Waals surface area contributed by atoms with Crippen molar-refractivity contribution in [2.45, 2.75) is 30.6 Å². The van der Waals surface area contributed by atoms with Crippen molar-refractivity contribution in [2.75, 3.05) is 6.26 Å². The molecule has 1 aromatic heterocycles. The van der Waals surface area contributed by atoms with Crippen LogP contribution in [0.4, 0.5) is 0 Å². The Bertz CT molecular complexity index is 917. The zero-order chi connectivity index (χ0) is 16.1. The second-order valence-electron chi connectivity index (χ2n) is 5.65. The van der Waals surface area contributed by atoms with Crippen molar-refractivity contribution in [3.05, 3.63) is 45.3 Å². The van der Waals surface area contributed by atoms with Gasteiger partial charge in [-0.1, -0.05) is 18.3 Å². The Morgan fingerprint density at radius 1 is 1.36 bits per heavy atom. The molecule has 7 heteroatoms. The molecule has 0 saturated heterocycles. The van der Waals surface area contributed by atoms with E-state index in [0.29, 0.717) is 5.76 Å². The molecule has 1 aliphatic rings. The molecule has 0 spiro atoms. The standard InChI is InChI=1S/C15H15NO4S2/c1-8-3-6-10(11(7-8)22(2,18)19)13(17)12-14(9-4-5-9)20-16-15(12)21/h3,6-7,9H,4-5H2,1-2H3,(H,16,21). The topological polar surface area (TPSA) is 80.1 Å². The van der Waals surface area contributed by atoms with Gasteiger partial charge in [-0.3, -0.25) is 4.79 Å². The number of hydrogen-bond donors (Lipinski definition) is 1. The second kappa shape index (κ2) is 5.17. The quantitative estimate of drug-likeness (QED) is 0.685. The van der Waals surface area contributed by atoms with Gasteiger partial charge in [0.25, 0.3) is 0 Å². The first kappa shape index (κ1) is 15.2. The summed E-state index contributed by atoms with van der Waals surface area (Å²) in [6.45, 7) is 1.78. The van der Waals surface area contributed by atoms with Crippen LogP contribution in [0, 0.1) is 11.6 Å². The Hall–Kier alpha value is -1.73. The predicted octanol–water partition coefficient (Wildman–Crippen LogP) is 3.16. The Morgan fingerprint density at radius 2 is 2.05 bits per heavy atom. The molecule has 0 aliphatic heterocycles. The first-order valence-corrected chi connectivity index (χ1v) is 9.16. The highest BCUT2D eigenvalue weighted by atomic mass is 32.2. The van der Waals surface area contributed by atoms with Gasteiger partial charge >= 0.3 is 0 Å². The summed E-state index contributed by atoms with van der Waals surface area (Å²) in [5.41, 5.74) is 1.19. The summed E-state index contributed by atoms with van der Waals surface area (Å²) in [7, 11) is -3.52. The molecule has 3 rings (SSSR count). The van der Waals surface area contributed by atoms with Crippen molar-refractivity contribution in [2.24, 2.45) is 0 Å². The van der Waals surface area contributed by atoms with E-state index in [1.165, 1.54) is 12.1 Å². The Balaban J connectivity index is 2.19. The fourth-order valence-electron chi connectivity index (χ4n) is 2.42. The molecule has 1 N–H and O–H groups in total. The van der Waals surface area contributed by atoms with Crippen LogP contribution in [0.15, 0.2) is 27.6 Å². The average Bonchev–Trinajstić information content (AvgIpc) is 3.20. The van der Waals surface area contributed by atoms with Crippen molar-refractivity contribution in [1.29, 1.82) is 0 Å². The third-order valence-corrected chi connectivity index (χ3v) is 5.11. The number of sulfone groups is 1. The predicted molar refractivity (Wildman–Crippen MR) is 83.6 cm³/mol. The molecule has 1 aliphatic carbocycles. The molecule has 1 saturated carbocycles. The molecular formula is C15H15NO4S2. The third-order valence-electron chi connectivity index (χ3n) is 3.68. The van der Waals surface area contributed by atoms with Gasteiger partial charge in [0.1, 0.15) is 16.0 Å². The number of rotatable bonds is 4. The molecule has 0 atom stereocenters. The SMILES string of the molecule is Cc1ccc(C(=O)c2c(C3CC3)o[nH]c2=S)c(S(C)(=O)=O)c1. The third kappa shape index (κ3) is 2.66. The van der Waals surface area contributed by atoms with E-state index in [1.807, 2.05) is 0 Å². The summed E-state index contributed by atoms with van der Waals surface area (Å²) < 4.78 is 29.5. The molecule has 1 fully saturated rings. The van der Waals surface area contributed by atoms with Crippen molar-refractivity contribution in [3.63, 3.8) is 0 Å². The smallest absolute Gasteiger partial charge is 0.200 e. The van der Waals surface area contributed by atoms with Crippen LogP contribution in [0.3, 0.4) is 0 Å². The minimum atomic E-state index is -3.52. The van der Waals surface area contributed by atoms with E-state index in [9.17, 15) is 13.2 Å². The van der Waals surface area contributed by atoms with Crippen LogP contribution < -0.4 is 0 Å². The highest BCUT2D eigenvalue weighted by Gasteiger charge is 2.34. The molecule has 0 unspecified atom stereocenters. The van der Waals surface area contributed by atoms with Crippen molar-refractivity contribution in [3.8, 4) is 0 Å². The van der Waals surface area contributed by atoms with Gasteiger partial charge in [0, 0.05) is 17.7 Å². The van der Waals surface area contributed by atoms with Gasteiger partial charge in [-0.15, -0.1) is 0 Å². The van der Waals surface area contributed by atoms with E-state index in [4.69, 9.17) is 16.7 Å². The first-order chi connectivity index (χ1) is 10.3. The number of carbonyl (C=O) groups excluding carboxylic acids is 1. The number of carbonyl (C=O) groups is 1. The summed E-state index contributed by atoms with van der Waals surface area (Å²) in [6, 6.07) is 4.75. The summed E-state index contributed by atoms with van der Waals surface area (Å²) in [6.07, 6.45) is 2.99. The number of ketones is 1. The lowest BCUT2D eigenvalue weighted by Gasteiger charge is -2.08. The highest BCUT2D eigenvalue weighted by molar-refractivity contribution is 7.90. The molecule has 5 nitrogen and oxygen atoms in total. The number of benzene rings is 1. The fourth-order valence-corrected chi connectivity index (χ4v) is 3.62. The molecule has 116 valence electrons. The minimum Gasteiger partial charge on any atom is -0.385 e. The van der Waals surface area contributed by atoms with Crippen molar-refractivity contribution in [1.82, 2.24) is 5.16 Å². The van der Waals surface area contributed by atoms with Crippen LogP contribution in [0.5, 0.6) is 0 Å². The lowest BCUT2D eigenvalue weighted by Crippen LogP contribution is -2.11. The maximum atomic E-state index is 12.8. The average molecular weight is 337 g/mol. The molecule has 1 aromatic carbocycles. The van der Waals surface area contributed by atoms with Crippen LogP contribution >= 0.6 is 12.2 Å². The van der Waals surface area contributed by atoms with E-state index in [0.717, 1.165) is 24.7 Å². The van der Waals surface area contributed by atoms with E-state index >= 15 is 0 Å². The Labute approximate surface area is 133 Å². The number of aryl methyl sites for hydroxylation is 1. The summed E-state index contributed by atoms with van der Waals surface area (Å²) in [5.74, 6) is 0.325. The van der Waals surface area contributed by atoms with E-state index in [-0.39, 0.29) is 26.6 Å². The zero-order valence-electron chi connectivity index (χ0n) is 12.2. The molecule has 0 bridgehead atoms. The van der Waals surface area contributed by atoms with Crippen LogP contribution in [-0.2, 0) is 9.84 Å². The molecule has 2 aromatic rings. The maximum Gasteiger partial charge on any atom is 0.200 e. The van der Waals surface area contributed by atoms with Gasteiger partial charge in [0.2, 0.25) is 5.78 Å². The van der Waals surface area contributed by atoms with Gasteiger partial charge in [-0.05, 0) is 37.5 Å². The van der Waals surface area contributed by atoms with Gasteiger partial charge < -0.3 is 4.52 Å². The van der Waals surface area contributed by atoms with Gasteiger partial charge in [0.05, 0.1) is 4.90 Å². The lowest BCUT2D eigenvalue weighted by atomic mass is 10.0. The second-order valence-corrected chi connectivity index (χ2v) is 8.04. The normalized spacial score (nSPS) is 15.0. The number of aromatic nitrogens is 1. The monoisotopic (exact) mass is 337 g/mol. The zero-order valence-corrected chi connectivity index (χ0v) is 13.8. The van der Waals surface area contributed by atoms with E-state index in [1.54, 1.807) is 13.0 Å². The largest absolute Gasteiger partial charge is 0.385 e. The van der Waals surface area contributed by atoms with Gasteiger partial charge in [-0.25, -0.2) is 13.6 Å². The molecule has 0 amide bonds. The molecular weight excluding hydrogens is 322 g/mol.